The van der Waals surface area contributed by atoms with Crippen LogP contribution in [0.25, 0.3) is 0 Å². The number of carbonyl (C=O) groups is 1. The van der Waals surface area contributed by atoms with E-state index in [1.807, 2.05) is 0 Å². The van der Waals surface area contributed by atoms with Gasteiger partial charge in [0, 0.05) is 32.4 Å². The van der Waals surface area contributed by atoms with Gasteiger partial charge in [0.05, 0.1) is 0 Å². The fourth-order valence-corrected chi connectivity index (χ4v) is 1.79. The van der Waals surface area contributed by atoms with E-state index in [9.17, 15) is 9.18 Å². The predicted molar refractivity (Wildman–Crippen MR) is 73.5 cm³/mol. The lowest BCUT2D eigenvalue weighted by Gasteiger charge is -2.22. The van der Waals surface area contributed by atoms with Crippen molar-refractivity contribution in [2.24, 2.45) is 5.73 Å². The Bertz CT molecular complexity index is 399. The molecule has 0 aliphatic carbocycles. The van der Waals surface area contributed by atoms with E-state index in [1.54, 1.807) is 24.1 Å². The zero-order valence-electron chi connectivity index (χ0n) is 11.3. The molecule has 1 rings (SSSR count). The third-order valence-corrected chi connectivity index (χ3v) is 2.75. The minimum atomic E-state index is -0.347. The maximum atomic E-state index is 13.2. The number of hydrogen-bond donors (Lipinski definition) is 1. The highest BCUT2D eigenvalue weighted by Crippen LogP contribution is 2.17. The number of carbonyl (C=O) groups excluding carboxylic acids is 1. The second-order valence-corrected chi connectivity index (χ2v) is 4.26. The van der Waals surface area contributed by atoms with Crippen molar-refractivity contribution in [3.63, 3.8) is 0 Å². The molecule has 0 saturated heterocycles. The maximum Gasteiger partial charge on any atom is 0.227 e. The molecule has 0 bridgehead atoms. The number of rotatable bonds is 8. The van der Waals surface area contributed by atoms with Crippen molar-refractivity contribution in [3.8, 4) is 0 Å². The first-order valence-electron chi connectivity index (χ1n) is 6.44. The van der Waals surface area contributed by atoms with Crippen molar-refractivity contribution < 1.29 is 13.9 Å². The molecule has 1 amide bonds. The highest BCUT2D eigenvalue weighted by atomic mass is 19.1. The van der Waals surface area contributed by atoms with Gasteiger partial charge >= 0.3 is 0 Å². The molecule has 0 spiro atoms. The normalized spacial score (nSPS) is 10.5. The van der Waals surface area contributed by atoms with Crippen molar-refractivity contribution in [1.29, 1.82) is 0 Å². The van der Waals surface area contributed by atoms with Gasteiger partial charge in [-0.2, -0.15) is 0 Å². The molecule has 0 radical (unpaired) electrons. The number of ether oxygens (including phenoxy) is 1. The van der Waals surface area contributed by atoms with Crippen molar-refractivity contribution in [2.45, 2.75) is 19.3 Å². The zero-order chi connectivity index (χ0) is 14.1. The number of methoxy groups -OCH3 is 1. The first-order chi connectivity index (χ1) is 9.19. The lowest BCUT2D eigenvalue weighted by atomic mass is 10.2. The third-order valence-electron chi connectivity index (χ3n) is 2.75. The van der Waals surface area contributed by atoms with E-state index >= 15 is 0 Å². The number of anilines is 1. The van der Waals surface area contributed by atoms with Crippen LogP contribution in [-0.4, -0.2) is 32.7 Å². The lowest BCUT2D eigenvalue weighted by Crippen LogP contribution is -2.33. The van der Waals surface area contributed by atoms with Crippen molar-refractivity contribution in [2.75, 3.05) is 31.7 Å². The summed E-state index contributed by atoms with van der Waals surface area (Å²) in [6.45, 7) is 1.54. The van der Waals surface area contributed by atoms with E-state index in [4.69, 9.17) is 10.5 Å². The summed E-state index contributed by atoms with van der Waals surface area (Å²) < 4.78 is 18.2. The average Bonchev–Trinajstić information content (AvgIpc) is 2.39. The van der Waals surface area contributed by atoms with Crippen LogP contribution < -0.4 is 10.6 Å². The summed E-state index contributed by atoms with van der Waals surface area (Å²) >= 11 is 0. The van der Waals surface area contributed by atoms with Crippen LogP contribution in [0.15, 0.2) is 24.3 Å². The molecule has 106 valence electrons. The molecule has 5 heteroatoms. The predicted octanol–water partition coefficient (Wildman–Crippen LogP) is 1.93. The third kappa shape index (κ3) is 5.36. The fraction of sp³-hybridized carbons (Fsp3) is 0.500. The van der Waals surface area contributed by atoms with E-state index in [0.29, 0.717) is 44.6 Å². The van der Waals surface area contributed by atoms with E-state index in [1.165, 1.54) is 12.1 Å². The zero-order valence-corrected chi connectivity index (χ0v) is 11.3. The molecule has 0 aliphatic heterocycles. The molecule has 1 aromatic rings. The topological polar surface area (TPSA) is 55.6 Å². The first-order valence-corrected chi connectivity index (χ1v) is 6.44. The SMILES string of the molecule is COCCCC(=O)N(CCCN)c1cccc(F)c1. The summed E-state index contributed by atoms with van der Waals surface area (Å²) in [4.78, 5) is 13.7. The summed E-state index contributed by atoms with van der Waals surface area (Å²) in [7, 11) is 1.60. The van der Waals surface area contributed by atoms with Gasteiger partial charge in [0.2, 0.25) is 5.91 Å². The Kier molecular flexibility index (Phi) is 7.07. The van der Waals surface area contributed by atoms with Crippen LogP contribution in [-0.2, 0) is 9.53 Å². The van der Waals surface area contributed by atoms with E-state index in [0.717, 1.165) is 0 Å². The Morgan fingerprint density at radius 1 is 1.42 bits per heavy atom. The minimum Gasteiger partial charge on any atom is -0.385 e. The smallest absolute Gasteiger partial charge is 0.227 e. The van der Waals surface area contributed by atoms with E-state index < -0.39 is 0 Å². The molecule has 0 aliphatic rings. The van der Waals surface area contributed by atoms with Crippen LogP contribution in [0.3, 0.4) is 0 Å². The second-order valence-electron chi connectivity index (χ2n) is 4.26. The number of nitrogens with two attached hydrogens (primary N) is 1. The largest absolute Gasteiger partial charge is 0.385 e. The Labute approximate surface area is 113 Å². The van der Waals surface area contributed by atoms with Crippen LogP contribution in [0, 0.1) is 5.82 Å². The molecule has 2 N–H and O–H groups in total. The summed E-state index contributed by atoms with van der Waals surface area (Å²) in [5.74, 6) is -0.379. The molecule has 0 saturated carbocycles. The number of amides is 1. The van der Waals surface area contributed by atoms with Gasteiger partial charge in [-0.1, -0.05) is 6.07 Å². The van der Waals surface area contributed by atoms with Gasteiger partial charge in [-0.15, -0.1) is 0 Å². The standard InChI is InChI=1S/C14H21FN2O2/c1-19-10-3-7-14(18)17(9-4-8-16)13-6-2-5-12(15)11-13/h2,5-6,11H,3-4,7-10,16H2,1H3. The van der Waals surface area contributed by atoms with Crippen LogP contribution >= 0.6 is 0 Å². The Hall–Kier alpha value is -1.46. The van der Waals surface area contributed by atoms with Gasteiger partial charge in [-0.05, 0) is 37.6 Å². The monoisotopic (exact) mass is 268 g/mol. The number of halogens is 1. The van der Waals surface area contributed by atoms with Crippen LogP contribution in [0.2, 0.25) is 0 Å². The summed E-state index contributed by atoms with van der Waals surface area (Å²) in [5, 5.41) is 0. The van der Waals surface area contributed by atoms with Gasteiger partial charge in [-0.25, -0.2) is 4.39 Å². The van der Waals surface area contributed by atoms with Gasteiger partial charge in [0.15, 0.2) is 0 Å². The van der Waals surface area contributed by atoms with Gasteiger partial charge < -0.3 is 15.4 Å². The number of nitrogens with zero attached hydrogens (tertiary/aromatic N) is 1. The molecule has 19 heavy (non-hydrogen) atoms. The van der Waals surface area contributed by atoms with Crippen molar-refractivity contribution in [3.05, 3.63) is 30.1 Å². The molecule has 4 nitrogen and oxygen atoms in total. The second kappa shape index (κ2) is 8.61. The van der Waals surface area contributed by atoms with E-state index in [2.05, 4.69) is 0 Å². The van der Waals surface area contributed by atoms with Crippen LogP contribution in [0.1, 0.15) is 19.3 Å². The molecule has 1 aromatic carbocycles. The highest BCUT2D eigenvalue weighted by molar-refractivity contribution is 5.93. The van der Waals surface area contributed by atoms with Crippen molar-refractivity contribution >= 4 is 11.6 Å². The van der Waals surface area contributed by atoms with Gasteiger partial charge in [-0.3, -0.25) is 4.79 Å². The van der Waals surface area contributed by atoms with Crippen LogP contribution in [0.4, 0.5) is 10.1 Å². The first kappa shape index (κ1) is 15.6. The summed E-state index contributed by atoms with van der Waals surface area (Å²) in [6, 6.07) is 6.06. The Morgan fingerprint density at radius 3 is 2.84 bits per heavy atom. The molecular weight excluding hydrogens is 247 g/mol. The lowest BCUT2D eigenvalue weighted by molar-refractivity contribution is -0.118. The quantitative estimate of drug-likeness (QED) is 0.733. The summed E-state index contributed by atoms with van der Waals surface area (Å²) in [5.41, 5.74) is 6.05. The molecule has 0 heterocycles. The molecule has 0 unspecified atom stereocenters. The average molecular weight is 268 g/mol. The Balaban J connectivity index is 2.73. The van der Waals surface area contributed by atoms with Crippen molar-refractivity contribution in [1.82, 2.24) is 0 Å². The Morgan fingerprint density at radius 2 is 2.21 bits per heavy atom. The minimum absolute atomic E-state index is 0.0314. The number of benzene rings is 1. The van der Waals surface area contributed by atoms with Gasteiger partial charge in [0.1, 0.15) is 5.82 Å². The van der Waals surface area contributed by atoms with Gasteiger partial charge in [0.25, 0.3) is 0 Å². The van der Waals surface area contributed by atoms with E-state index in [-0.39, 0.29) is 11.7 Å². The molecule has 0 aromatic heterocycles. The molecule has 0 atom stereocenters. The summed E-state index contributed by atoms with van der Waals surface area (Å²) in [6.07, 6.45) is 1.73. The fourth-order valence-electron chi connectivity index (χ4n) is 1.79. The number of hydrogen-bond acceptors (Lipinski definition) is 3. The van der Waals surface area contributed by atoms with Crippen LogP contribution in [0.5, 0.6) is 0 Å². The maximum absolute atomic E-state index is 13.2. The molecule has 0 fully saturated rings. The highest BCUT2D eigenvalue weighted by Gasteiger charge is 2.15. The molecular formula is C14H21FN2O2.